The van der Waals surface area contributed by atoms with Crippen molar-refractivity contribution >= 4 is 11.8 Å². The average molecular weight is 437 g/mol. The highest BCUT2D eigenvalue weighted by atomic mass is 16.5. The average Bonchev–Trinajstić information content (AvgIpc) is 3.63. The second-order valence-electron chi connectivity index (χ2n) is 11.3. The van der Waals surface area contributed by atoms with Crippen molar-refractivity contribution in [2.24, 2.45) is 29.6 Å². The van der Waals surface area contributed by atoms with Crippen LogP contribution in [-0.4, -0.2) is 30.0 Å². The number of ether oxygens (including phenoxy) is 1. The number of amides is 2. The summed E-state index contributed by atoms with van der Waals surface area (Å²) in [7, 11) is 0. The molecule has 0 atom stereocenters. The molecule has 0 aliphatic heterocycles. The fourth-order valence-electron chi connectivity index (χ4n) is 7.26. The lowest BCUT2D eigenvalue weighted by molar-refractivity contribution is -0.123. The van der Waals surface area contributed by atoms with Crippen molar-refractivity contribution in [3.63, 3.8) is 0 Å². The highest BCUT2D eigenvalue weighted by molar-refractivity contribution is 5.94. The lowest BCUT2D eigenvalue weighted by Crippen LogP contribution is -2.55. The van der Waals surface area contributed by atoms with Crippen LogP contribution in [0.15, 0.2) is 24.3 Å². The smallest absolute Gasteiger partial charge is 0.251 e. The number of hydrogen-bond donors (Lipinski definition) is 2. The fourth-order valence-corrected chi connectivity index (χ4v) is 7.26. The molecule has 1 aromatic rings. The molecule has 172 valence electrons. The molecule has 6 saturated carbocycles. The van der Waals surface area contributed by atoms with E-state index in [4.69, 9.17) is 4.74 Å². The third-order valence-electron chi connectivity index (χ3n) is 8.91. The molecule has 0 aromatic heterocycles. The Hall–Kier alpha value is -2.04. The Labute approximate surface area is 191 Å². The lowest BCUT2D eigenvalue weighted by Gasteiger charge is -2.54. The number of carbonyl (C=O) groups excluding carboxylic acids is 2. The number of rotatable bonds is 6. The van der Waals surface area contributed by atoms with Crippen LogP contribution >= 0.6 is 0 Å². The maximum atomic E-state index is 12.9. The van der Waals surface area contributed by atoms with Gasteiger partial charge < -0.3 is 15.4 Å². The summed E-state index contributed by atoms with van der Waals surface area (Å²) >= 11 is 0. The lowest BCUT2D eigenvalue weighted by atomic mass is 9.54. The van der Waals surface area contributed by atoms with Gasteiger partial charge in [0, 0.05) is 23.6 Å². The fraction of sp³-hybridized carbons (Fsp3) is 0.704. The quantitative estimate of drug-likeness (QED) is 0.692. The summed E-state index contributed by atoms with van der Waals surface area (Å²) < 4.78 is 6.19. The van der Waals surface area contributed by atoms with Crippen molar-refractivity contribution in [1.82, 2.24) is 10.6 Å². The van der Waals surface area contributed by atoms with Crippen LogP contribution in [-0.2, 0) is 4.79 Å². The normalized spacial score (nSPS) is 37.7. The molecule has 5 nitrogen and oxygen atoms in total. The third-order valence-corrected chi connectivity index (χ3v) is 8.91. The summed E-state index contributed by atoms with van der Waals surface area (Å²) in [5.74, 6) is 4.67. The molecule has 1 aromatic carbocycles. The number of carbonyl (C=O) groups is 2. The maximum absolute atomic E-state index is 12.9. The van der Waals surface area contributed by atoms with Crippen molar-refractivity contribution < 1.29 is 14.3 Å². The summed E-state index contributed by atoms with van der Waals surface area (Å²) in [5.41, 5.74) is 0.734. The molecular formula is C27H36N2O3. The molecule has 0 radical (unpaired) electrons. The summed E-state index contributed by atoms with van der Waals surface area (Å²) in [6.45, 7) is 0. The summed E-state index contributed by atoms with van der Waals surface area (Å²) in [6, 6.07) is 8.37. The Morgan fingerprint density at radius 1 is 0.750 bits per heavy atom. The maximum Gasteiger partial charge on any atom is 0.251 e. The molecule has 2 amide bonds. The monoisotopic (exact) mass is 436 g/mol. The first-order valence-electron chi connectivity index (χ1n) is 13.0. The third kappa shape index (κ3) is 4.27. The largest absolute Gasteiger partial charge is 0.490 e. The van der Waals surface area contributed by atoms with Gasteiger partial charge in [-0.05, 0) is 119 Å². The van der Waals surface area contributed by atoms with Crippen molar-refractivity contribution in [3.8, 4) is 5.75 Å². The van der Waals surface area contributed by atoms with Gasteiger partial charge in [0.15, 0.2) is 0 Å². The van der Waals surface area contributed by atoms with Gasteiger partial charge in [0.05, 0.1) is 6.10 Å². The Morgan fingerprint density at radius 2 is 1.38 bits per heavy atom. The van der Waals surface area contributed by atoms with Crippen LogP contribution in [0.4, 0.5) is 0 Å². The van der Waals surface area contributed by atoms with E-state index in [1.165, 1.54) is 32.1 Å². The van der Waals surface area contributed by atoms with Crippen LogP contribution in [0.2, 0.25) is 0 Å². The number of nitrogens with one attached hydrogen (secondary N) is 2. The molecule has 0 heterocycles. The van der Waals surface area contributed by atoms with Gasteiger partial charge in [-0.1, -0.05) is 0 Å². The van der Waals surface area contributed by atoms with E-state index < -0.39 is 0 Å². The van der Waals surface area contributed by atoms with Gasteiger partial charge in [-0.15, -0.1) is 0 Å². The van der Waals surface area contributed by atoms with Crippen LogP contribution in [0, 0.1) is 29.6 Å². The van der Waals surface area contributed by atoms with Gasteiger partial charge >= 0.3 is 0 Å². The molecule has 0 spiro atoms. The van der Waals surface area contributed by atoms with Crippen molar-refractivity contribution in [2.45, 2.75) is 88.8 Å². The first-order chi connectivity index (χ1) is 15.6. The van der Waals surface area contributed by atoms with Crippen LogP contribution in [0.1, 0.15) is 81.0 Å². The zero-order valence-corrected chi connectivity index (χ0v) is 18.9. The van der Waals surface area contributed by atoms with E-state index in [1.54, 1.807) is 0 Å². The summed E-state index contributed by atoms with van der Waals surface area (Å²) in [6.07, 6.45) is 12.9. The van der Waals surface area contributed by atoms with Crippen LogP contribution in [0.25, 0.3) is 0 Å². The molecule has 0 saturated heterocycles. The van der Waals surface area contributed by atoms with Gasteiger partial charge in [0.2, 0.25) is 5.91 Å². The van der Waals surface area contributed by atoms with Crippen LogP contribution in [0.3, 0.4) is 0 Å². The predicted molar refractivity (Wildman–Crippen MR) is 122 cm³/mol. The molecule has 6 fully saturated rings. The topological polar surface area (TPSA) is 67.4 Å². The highest BCUT2D eigenvalue weighted by Crippen LogP contribution is 2.53. The molecule has 7 rings (SSSR count). The van der Waals surface area contributed by atoms with E-state index in [1.807, 2.05) is 24.3 Å². The first-order valence-corrected chi connectivity index (χ1v) is 13.0. The minimum absolute atomic E-state index is 0.0703. The Bertz CT molecular complexity index is 826. The SMILES string of the molecule is O=C(NC1C2CC3CC(C2)CC1C3)c1ccc(O[C@H]2CC[C@@H](NC(=O)C3CC3)CC2)cc1. The Morgan fingerprint density at radius 3 is 1.97 bits per heavy atom. The van der Waals surface area contributed by atoms with E-state index in [2.05, 4.69) is 10.6 Å². The van der Waals surface area contributed by atoms with Gasteiger partial charge in [-0.2, -0.15) is 0 Å². The van der Waals surface area contributed by atoms with Crippen molar-refractivity contribution in [3.05, 3.63) is 29.8 Å². The Balaban J connectivity index is 0.987. The van der Waals surface area contributed by atoms with E-state index in [9.17, 15) is 9.59 Å². The van der Waals surface area contributed by atoms with E-state index in [-0.39, 0.29) is 23.8 Å². The van der Waals surface area contributed by atoms with Crippen molar-refractivity contribution in [1.29, 1.82) is 0 Å². The second-order valence-corrected chi connectivity index (χ2v) is 11.3. The molecule has 5 heteroatoms. The molecule has 6 aliphatic carbocycles. The van der Waals surface area contributed by atoms with Gasteiger partial charge in [0.25, 0.3) is 5.91 Å². The zero-order valence-electron chi connectivity index (χ0n) is 18.9. The minimum atomic E-state index is 0.0703. The molecule has 2 N–H and O–H groups in total. The number of hydrogen-bond acceptors (Lipinski definition) is 3. The number of benzene rings is 1. The van der Waals surface area contributed by atoms with Crippen LogP contribution < -0.4 is 15.4 Å². The summed E-state index contributed by atoms with van der Waals surface area (Å²) in [4.78, 5) is 24.9. The minimum Gasteiger partial charge on any atom is -0.490 e. The van der Waals surface area contributed by atoms with Crippen molar-refractivity contribution in [2.75, 3.05) is 0 Å². The highest BCUT2D eigenvalue weighted by Gasteiger charge is 2.48. The van der Waals surface area contributed by atoms with Crippen LogP contribution in [0.5, 0.6) is 5.75 Å². The zero-order chi connectivity index (χ0) is 21.7. The van der Waals surface area contributed by atoms with Gasteiger partial charge in [-0.3, -0.25) is 9.59 Å². The van der Waals surface area contributed by atoms with E-state index >= 15 is 0 Å². The predicted octanol–water partition coefficient (Wildman–Crippen LogP) is 4.46. The van der Waals surface area contributed by atoms with E-state index in [0.717, 1.165) is 61.7 Å². The molecule has 4 bridgehead atoms. The summed E-state index contributed by atoms with van der Waals surface area (Å²) in [5, 5.41) is 6.60. The van der Waals surface area contributed by atoms with E-state index in [0.29, 0.717) is 23.9 Å². The molecule has 32 heavy (non-hydrogen) atoms. The Kier molecular flexibility index (Phi) is 5.39. The van der Waals surface area contributed by atoms with Gasteiger partial charge in [-0.25, -0.2) is 0 Å². The molecule has 6 aliphatic rings. The molecule has 0 unspecified atom stereocenters. The standard InChI is InChI=1S/C27H36N2O3/c30-26(18-1-2-18)28-22-5-9-24(10-6-22)32-23-7-3-19(4-8-23)27(31)29-25-20-12-16-11-17(14-20)15-21(25)13-16/h3-4,7-8,16-18,20-22,24-25H,1-2,5-6,9-15H2,(H,28,30)(H,29,31)/t16?,17?,20?,21?,22-,24+,25?. The van der Waals surface area contributed by atoms with Gasteiger partial charge in [0.1, 0.15) is 5.75 Å². The molecular weight excluding hydrogens is 400 g/mol. The first kappa shape index (κ1) is 20.6. The second kappa shape index (κ2) is 8.39.